The van der Waals surface area contributed by atoms with Crippen LogP contribution in [0, 0.1) is 0 Å². The minimum atomic E-state index is -0.541. The molecule has 2 aromatic rings. The Kier molecular flexibility index (Phi) is 4.95. The number of benzene rings is 1. The number of esters is 1. The molecule has 7 heteroatoms. The minimum absolute atomic E-state index is 0.0122. The lowest BCUT2D eigenvalue weighted by Crippen LogP contribution is -2.47. The lowest BCUT2D eigenvalue weighted by atomic mass is 10.0. The van der Waals surface area contributed by atoms with Gasteiger partial charge in [0.1, 0.15) is 5.60 Å². The number of hydrogen-bond acceptors (Lipinski definition) is 5. The van der Waals surface area contributed by atoms with E-state index in [9.17, 15) is 9.59 Å². The zero-order valence-corrected chi connectivity index (χ0v) is 16.4. The first-order valence-electron chi connectivity index (χ1n) is 8.92. The molecule has 144 valence electrons. The zero-order valence-electron chi connectivity index (χ0n) is 16.4. The maximum atomic E-state index is 12.6. The molecule has 0 bridgehead atoms. The predicted molar refractivity (Wildman–Crippen MR) is 100 cm³/mol. The molecule has 7 nitrogen and oxygen atoms in total. The van der Waals surface area contributed by atoms with E-state index < -0.39 is 5.60 Å². The number of carbonyl (C=O) groups excluding carboxylic acids is 2. The van der Waals surface area contributed by atoms with Crippen molar-refractivity contribution in [3.8, 4) is 11.1 Å². The molecular weight excluding hydrogens is 346 g/mol. The van der Waals surface area contributed by atoms with Crippen molar-refractivity contribution in [2.45, 2.75) is 52.4 Å². The Morgan fingerprint density at radius 2 is 1.85 bits per heavy atom. The second-order valence-corrected chi connectivity index (χ2v) is 7.71. The Balaban J connectivity index is 1.87. The number of rotatable bonds is 2. The van der Waals surface area contributed by atoms with Crippen molar-refractivity contribution in [2.75, 3.05) is 7.11 Å². The zero-order chi connectivity index (χ0) is 19.8. The molecule has 2 heterocycles. The van der Waals surface area contributed by atoms with E-state index in [1.54, 1.807) is 23.2 Å². The summed E-state index contributed by atoms with van der Waals surface area (Å²) in [5.41, 5.74) is 2.77. The lowest BCUT2D eigenvalue weighted by molar-refractivity contribution is 0.00912. The van der Waals surface area contributed by atoms with E-state index in [-0.39, 0.29) is 18.1 Å². The second-order valence-electron chi connectivity index (χ2n) is 7.71. The van der Waals surface area contributed by atoms with Crippen molar-refractivity contribution < 1.29 is 19.1 Å². The first-order valence-corrected chi connectivity index (χ1v) is 8.92. The van der Waals surface area contributed by atoms with Crippen LogP contribution in [-0.2, 0) is 22.6 Å². The SMILES string of the molecule is COC(=O)c1ccc(-c2cnn3c2CN(C(=O)OC(C)(C)C)[C@H](C)C3)cc1. The van der Waals surface area contributed by atoms with Crippen LogP contribution in [0.1, 0.15) is 43.7 Å². The van der Waals surface area contributed by atoms with Crippen LogP contribution in [0.3, 0.4) is 0 Å². The molecule has 1 aromatic carbocycles. The van der Waals surface area contributed by atoms with Gasteiger partial charge in [0, 0.05) is 5.56 Å². The predicted octanol–water partition coefficient (Wildman–Crippen LogP) is 3.48. The average Bonchev–Trinajstić information content (AvgIpc) is 3.01. The fourth-order valence-corrected chi connectivity index (χ4v) is 3.11. The maximum Gasteiger partial charge on any atom is 0.410 e. The van der Waals surface area contributed by atoms with Crippen LogP contribution in [0.5, 0.6) is 0 Å². The average molecular weight is 371 g/mol. The van der Waals surface area contributed by atoms with Crippen LogP contribution < -0.4 is 0 Å². The van der Waals surface area contributed by atoms with Gasteiger partial charge in [0.25, 0.3) is 0 Å². The molecule has 0 fully saturated rings. The maximum absolute atomic E-state index is 12.6. The molecule has 1 atom stereocenters. The molecule has 0 N–H and O–H groups in total. The molecule has 27 heavy (non-hydrogen) atoms. The first-order chi connectivity index (χ1) is 12.7. The third kappa shape index (κ3) is 3.97. The number of ether oxygens (including phenoxy) is 2. The van der Waals surface area contributed by atoms with Gasteiger partial charge in [-0.2, -0.15) is 5.10 Å². The van der Waals surface area contributed by atoms with E-state index in [1.165, 1.54) is 7.11 Å². The van der Waals surface area contributed by atoms with Crippen LogP contribution >= 0.6 is 0 Å². The molecule has 1 aromatic heterocycles. The number of fused-ring (bicyclic) bond motifs is 1. The van der Waals surface area contributed by atoms with E-state index in [0.29, 0.717) is 18.7 Å². The molecule has 0 aliphatic carbocycles. The third-order valence-corrected chi connectivity index (χ3v) is 4.48. The molecular formula is C20H25N3O4. The number of nitrogens with zero attached hydrogens (tertiary/aromatic N) is 3. The van der Waals surface area contributed by atoms with Crippen molar-refractivity contribution in [1.82, 2.24) is 14.7 Å². The van der Waals surface area contributed by atoms with Gasteiger partial charge in [-0.1, -0.05) is 12.1 Å². The highest BCUT2D eigenvalue weighted by Crippen LogP contribution is 2.29. The molecule has 1 aliphatic heterocycles. The summed E-state index contributed by atoms with van der Waals surface area (Å²) >= 11 is 0. The van der Waals surface area contributed by atoms with Gasteiger partial charge in [-0.05, 0) is 45.4 Å². The first kappa shape index (κ1) is 18.9. The van der Waals surface area contributed by atoms with Crippen molar-refractivity contribution >= 4 is 12.1 Å². The Morgan fingerprint density at radius 1 is 1.19 bits per heavy atom. The Labute approximate surface area is 158 Å². The molecule has 1 aliphatic rings. The summed E-state index contributed by atoms with van der Waals surface area (Å²) < 4.78 is 12.2. The Morgan fingerprint density at radius 3 is 2.44 bits per heavy atom. The van der Waals surface area contributed by atoms with E-state index >= 15 is 0 Å². The third-order valence-electron chi connectivity index (χ3n) is 4.48. The van der Waals surface area contributed by atoms with Gasteiger partial charge in [0.15, 0.2) is 0 Å². The Bertz CT molecular complexity index is 849. The molecule has 3 rings (SSSR count). The number of hydrogen-bond donors (Lipinski definition) is 0. The monoisotopic (exact) mass is 371 g/mol. The second kappa shape index (κ2) is 7.06. The quantitative estimate of drug-likeness (QED) is 0.756. The number of carbonyl (C=O) groups is 2. The highest BCUT2D eigenvalue weighted by molar-refractivity contribution is 5.90. The number of methoxy groups -OCH3 is 1. The molecule has 0 saturated heterocycles. The summed E-state index contributed by atoms with van der Waals surface area (Å²) in [6.45, 7) is 8.59. The van der Waals surface area contributed by atoms with E-state index in [2.05, 4.69) is 5.10 Å². The fourth-order valence-electron chi connectivity index (χ4n) is 3.11. The molecule has 0 radical (unpaired) electrons. The van der Waals surface area contributed by atoms with Crippen molar-refractivity contribution in [3.05, 3.63) is 41.7 Å². The van der Waals surface area contributed by atoms with Gasteiger partial charge >= 0.3 is 12.1 Å². The van der Waals surface area contributed by atoms with E-state index in [0.717, 1.165) is 16.8 Å². The van der Waals surface area contributed by atoms with Gasteiger partial charge in [-0.15, -0.1) is 0 Å². The van der Waals surface area contributed by atoms with Crippen molar-refractivity contribution in [3.63, 3.8) is 0 Å². The van der Waals surface area contributed by atoms with Gasteiger partial charge in [0.2, 0.25) is 0 Å². The highest BCUT2D eigenvalue weighted by atomic mass is 16.6. The van der Waals surface area contributed by atoms with Gasteiger partial charge in [-0.25, -0.2) is 9.59 Å². The Hall–Kier alpha value is -2.83. The topological polar surface area (TPSA) is 73.7 Å². The minimum Gasteiger partial charge on any atom is -0.465 e. The molecule has 0 saturated carbocycles. The number of amides is 1. The molecule has 0 spiro atoms. The largest absolute Gasteiger partial charge is 0.465 e. The summed E-state index contributed by atoms with van der Waals surface area (Å²) in [5.74, 6) is -0.372. The van der Waals surface area contributed by atoms with Crippen molar-refractivity contribution in [1.29, 1.82) is 0 Å². The summed E-state index contributed by atoms with van der Waals surface area (Å²) in [7, 11) is 1.36. The normalized spacial score (nSPS) is 16.6. The van der Waals surface area contributed by atoms with Gasteiger partial charge in [-0.3, -0.25) is 9.58 Å². The lowest BCUT2D eigenvalue weighted by Gasteiger charge is -2.35. The number of aromatic nitrogens is 2. The summed E-state index contributed by atoms with van der Waals surface area (Å²) in [6.07, 6.45) is 1.47. The van der Waals surface area contributed by atoms with Crippen molar-refractivity contribution in [2.24, 2.45) is 0 Å². The van der Waals surface area contributed by atoms with Gasteiger partial charge < -0.3 is 9.47 Å². The highest BCUT2D eigenvalue weighted by Gasteiger charge is 2.32. The van der Waals surface area contributed by atoms with Crippen LogP contribution in [0.15, 0.2) is 30.5 Å². The van der Waals surface area contributed by atoms with Crippen LogP contribution in [-0.4, -0.2) is 45.5 Å². The fraction of sp³-hybridized carbons (Fsp3) is 0.450. The summed E-state index contributed by atoms with van der Waals surface area (Å²) in [4.78, 5) is 25.9. The van der Waals surface area contributed by atoms with Crippen LogP contribution in [0.4, 0.5) is 4.79 Å². The smallest absolute Gasteiger partial charge is 0.410 e. The summed E-state index contributed by atoms with van der Waals surface area (Å²) in [6, 6.07) is 7.16. The molecule has 0 unspecified atom stereocenters. The summed E-state index contributed by atoms with van der Waals surface area (Å²) in [5, 5.41) is 4.47. The van der Waals surface area contributed by atoms with E-state index in [4.69, 9.17) is 9.47 Å². The van der Waals surface area contributed by atoms with Crippen LogP contribution in [0.25, 0.3) is 11.1 Å². The van der Waals surface area contributed by atoms with Crippen LogP contribution in [0.2, 0.25) is 0 Å². The van der Waals surface area contributed by atoms with E-state index in [1.807, 2.05) is 44.5 Å². The standard InChI is InChI=1S/C20H25N3O4/c1-13-11-23-17(12-22(13)19(25)27-20(2,3)4)16(10-21-23)14-6-8-15(9-7-14)18(24)26-5/h6-10,13H,11-12H2,1-5H3/t13-/m1/s1. The molecule has 1 amide bonds. The van der Waals surface area contributed by atoms with Gasteiger partial charge in [0.05, 0.1) is 43.7 Å².